The van der Waals surface area contributed by atoms with E-state index in [1.165, 1.54) is 0 Å². The van der Waals surface area contributed by atoms with Crippen molar-refractivity contribution >= 4 is 17.5 Å². The molecule has 0 aromatic heterocycles. The lowest BCUT2D eigenvalue weighted by Gasteiger charge is -2.23. The monoisotopic (exact) mass is 500 g/mol. The van der Waals surface area contributed by atoms with E-state index in [0.29, 0.717) is 56.2 Å². The highest BCUT2D eigenvalue weighted by Crippen LogP contribution is 2.54. The van der Waals surface area contributed by atoms with Crippen molar-refractivity contribution in [1.29, 1.82) is 0 Å². The second kappa shape index (κ2) is 9.69. The predicted octanol–water partition coefficient (Wildman–Crippen LogP) is 3.81. The summed E-state index contributed by atoms with van der Waals surface area (Å²) in [6, 6.07) is 21.1. The number of benzene rings is 3. The zero-order valence-corrected chi connectivity index (χ0v) is 20.4. The number of hydrogen-bond acceptors (Lipinski definition) is 6. The summed E-state index contributed by atoms with van der Waals surface area (Å²) in [6.45, 7) is 1.87. The molecule has 2 amide bonds. The molecule has 8 nitrogen and oxygen atoms in total. The van der Waals surface area contributed by atoms with Gasteiger partial charge in [-0.25, -0.2) is 0 Å². The standard InChI is InChI=1S/C29H28N2O6/c32-27(12-6-15-34-20-8-2-1-3-9-20)30-13-7-14-31-23-11-5-4-10-21(23)29(28(31)33)18-35-24-17-26-25(16-22(24)29)36-19-37-26/h1-5,8-11,16-17H,6-7,12-15,18-19H2,(H,30,32). The quantitative estimate of drug-likeness (QED) is 0.450. The van der Waals surface area contributed by atoms with Gasteiger partial charge in [0.25, 0.3) is 0 Å². The van der Waals surface area contributed by atoms with Crippen LogP contribution in [0.4, 0.5) is 5.69 Å². The third kappa shape index (κ3) is 4.12. The van der Waals surface area contributed by atoms with E-state index in [9.17, 15) is 9.59 Å². The lowest BCUT2D eigenvalue weighted by molar-refractivity contribution is -0.122. The Balaban J connectivity index is 1.06. The minimum Gasteiger partial charge on any atom is -0.494 e. The minimum atomic E-state index is -0.908. The number of para-hydroxylation sites is 2. The zero-order valence-electron chi connectivity index (χ0n) is 20.4. The number of rotatable bonds is 9. The Hall–Kier alpha value is -4.20. The average molecular weight is 501 g/mol. The number of carbonyl (C=O) groups is 2. The number of nitrogens with zero attached hydrogens (tertiary/aromatic N) is 1. The van der Waals surface area contributed by atoms with E-state index in [1.54, 1.807) is 0 Å². The van der Waals surface area contributed by atoms with Crippen molar-refractivity contribution in [2.24, 2.45) is 0 Å². The summed E-state index contributed by atoms with van der Waals surface area (Å²) in [4.78, 5) is 28.0. The molecule has 1 atom stereocenters. The Bertz CT molecular complexity index is 1330. The van der Waals surface area contributed by atoms with Crippen LogP contribution >= 0.6 is 0 Å². The largest absolute Gasteiger partial charge is 0.494 e. The summed E-state index contributed by atoms with van der Waals surface area (Å²) < 4.78 is 22.7. The zero-order chi connectivity index (χ0) is 25.2. The van der Waals surface area contributed by atoms with Gasteiger partial charge < -0.3 is 29.2 Å². The van der Waals surface area contributed by atoms with Gasteiger partial charge in [-0.1, -0.05) is 36.4 Å². The maximum atomic E-state index is 13.9. The summed E-state index contributed by atoms with van der Waals surface area (Å²) in [6.07, 6.45) is 1.67. The third-order valence-electron chi connectivity index (χ3n) is 7.08. The number of amides is 2. The summed E-state index contributed by atoms with van der Waals surface area (Å²) in [5, 5.41) is 2.96. The highest BCUT2D eigenvalue weighted by molar-refractivity contribution is 6.11. The molecule has 0 fully saturated rings. The van der Waals surface area contributed by atoms with Crippen LogP contribution in [-0.2, 0) is 15.0 Å². The molecule has 0 saturated carbocycles. The topological polar surface area (TPSA) is 86.3 Å². The summed E-state index contributed by atoms with van der Waals surface area (Å²) in [5.74, 6) is 2.68. The van der Waals surface area contributed by atoms with Gasteiger partial charge in [0, 0.05) is 36.8 Å². The fourth-order valence-electron chi connectivity index (χ4n) is 5.28. The molecular weight excluding hydrogens is 472 g/mol. The van der Waals surface area contributed by atoms with Crippen molar-refractivity contribution in [2.75, 3.05) is 38.0 Å². The van der Waals surface area contributed by atoms with Gasteiger partial charge in [-0.3, -0.25) is 9.59 Å². The maximum absolute atomic E-state index is 13.9. The Morgan fingerprint density at radius 1 is 0.919 bits per heavy atom. The molecule has 0 saturated heterocycles. The third-order valence-corrected chi connectivity index (χ3v) is 7.08. The molecule has 3 aromatic rings. The van der Waals surface area contributed by atoms with Gasteiger partial charge in [-0.15, -0.1) is 0 Å². The molecule has 6 rings (SSSR count). The van der Waals surface area contributed by atoms with Crippen LogP contribution in [0.1, 0.15) is 30.4 Å². The lowest BCUT2D eigenvalue weighted by Crippen LogP contribution is -2.43. The number of fused-ring (bicyclic) bond motifs is 5. The highest BCUT2D eigenvalue weighted by atomic mass is 16.7. The number of hydrogen-bond donors (Lipinski definition) is 1. The van der Waals surface area contributed by atoms with E-state index in [4.69, 9.17) is 18.9 Å². The molecule has 37 heavy (non-hydrogen) atoms. The molecule has 8 heteroatoms. The van der Waals surface area contributed by atoms with Crippen molar-refractivity contribution in [2.45, 2.75) is 24.7 Å². The van der Waals surface area contributed by atoms with Crippen molar-refractivity contribution in [1.82, 2.24) is 5.32 Å². The maximum Gasteiger partial charge on any atom is 0.245 e. The van der Waals surface area contributed by atoms with Gasteiger partial charge in [0.05, 0.1) is 6.61 Å². The second-order valence-corrected chi connectivity index (χ2v) is 9.34. The minimum absolute atomic E-state index is 0.0179. The van der Waals surface area contributed by atoms with Crippen LogP contribution in [-0.4, -0.2) is 44.9 Å². The van der Waals surface area contributed by atoms with E-state index in [1.807, 2.05) is 71.6 Å². The van der Waals surface area contributed by atoms with Crippen molar-refractivity contribution in [3.8, 4) is 23.0 Å². The van der Waals surface area contributed by atoms with E-state index in [0.717, 1.165) is 22.6 Å². The number of anilines is 1. The summed E-state index contributed by atoms with van der Waals surface area (Å²) >= 11 is 0. The van der Waals surface area contributed by atoms with Crippen molar-refractivity contribution in [3.63, 3.8) is 0 Å². The predicted molar refractivity (Wildman–Crippen MR) is 136 cm³/mol. The molecule has 1 unspecified atom stereocenters. The Morgan fingerprint density at radius 3 is 2.57 bits per heavy atom. The molecule has 3 aromatic carbocycles. The molecular formula is C29H28N2O6. The molecule has 0 aliphatic carbocycles. The van der Waals surface area contributed by atoms with Gasteiger partial charge in [0.1, 0.15) is 23.5 Å². The fourth-order valence-corrected chi connectivity index (χ4v) is 5.28. The second-order valence-electron chi connectivity index (χ2n) is 9.34. The Labute approximate surface area is 215 Å². The smallest absolute Gasteiger partial charge is 0.245 e. The number of nitrogens with one attached hydrogen (secondary N) is 1. The van der Waals surface area contributed by atoms with Gasteiger partial charge in [-0.2, -0.15) is 0 Å². The van der Waals surface area contributed by atoms with Gasteiger partial charge >= 0.3 is 0 Å². The molecule has 1 N–H and O–H groups in total. The molecule has 3 aliphatic rings. The summed E-state index contributed by atoms with van der Waals surface area (Å²) in [7, 11) is 0. The molecule has 3 heterocycles. The molecule has 190 valence electrons. The van der Waals surface area contributed by atoms with E-state index < -0.39 is 5.41 Å². The van der Waals surface area contributed by atoms with Gasteiger partial charge in [-0.05, 0) is 42.7 Å². The van der Waals surface area contributed by atoms with Gasteiger partial charge in [0.2, 0.25) is 18.6 Å². The first kappa shape index (κ1) is 23.2. The van der Waals surface area contributed by atoms with Crippen LogP contribution in [0.5, 0.6) is 23.0 Å². The highest BCUT2D eigenvalue weighted by Gasteiger charge is 2.57. The van der Waals surface area contributed by atoms with E-state index in [-0.39, 0.29) is 25.2 Å². The average Bonchev–Trinajstić information content (AvgIpc) is 3.60. The van der Waals surface area contributed by atoms with Crippen LogP contribution in [0.3, 0.4) is 0 Å². The first-order chi connectivity index (χ1) is 18.2. The normalized spacial score (nSPS) is 18.5. The first-order valence-electron chi connectivity index (χ1n) is 12.6. The van der Waals surface area contributed by atoms with Crippen molar-refractivity contribution < 1.29 is 28.5 Å². The fraction of sp³-hybridized carbons (Fsp3) is 0.310. The lowest BCUT2D eigenvalue weighted by atomic mass is 9.77. The van der Waals surface area contributed by atoms with Gasteiger partial charge in [0.15, 0.2) is 11.5 Å². The van der Waals surface area contributed by atoms with Crippen molar-refractivity contribution in [3.05, 3.63) is 77.9 Å². The molecule has 0 bridgehead atoms. The number of ether oxygens (including phenoxy) is 4. The molecule has 0 radical (unpaired) electrons. The molecule has 1 spiro atoms. The van der Waals surface area contributed by atoms with Crippen LogP contribution in [0.2, 0.25) is 0 Å². The number of carbonyl (C=O) groups excluding carboxylic acids is 2. The van der Waals surface area contributed by atoms with Crippen LogP contribution in [0.15, 0.2) is 66.7 Å². The van der Waals surface area contributed by atoms with Crippen LogP contribution in [0.25, 0.3) is 0 Å². The van der Waals surface area contributed by atoms with E-state index >= 15 is 0 Å². The van der Waals surface area contributed by atoms with Crippen LogP contribution in [0, 0.1) is 0 Å². The summed E-state index contributed by atoms with van der Waals surface area (Å²) in [5.41, 5.74) is 1.71. The Kier molecular flexibility index (Phi) is 6.08. The first-order valence-corrected chi connectivity index (χ1v) is 12.6. The van der Waals surface area contributed by atoms with Crippen LogP contribution < -0.4 is 29.2 Å². The van der Waals surface area contributed by atoms with E-state index in [2.05, 4.69) is 5.32 Å². The Morgan fingerprint density at radius 2 is 1.70 bits per heavy atom. The molecule has 3 aliphatic heterocycles. The SMILES string of the molecule is O=C(CCCOc1ccccc1)NCCCN1C(=O)C2(COc3cc4c(cc32)OCO4)c2ccccc21.